The van der Waals surface area contributed by atoms with E-state index in [-0.39, 0.29) is 24.5 Å². The van der Waals surface area contributed by atoms with Crippen molar-refractivity contribution in [3.63, 3.8) is 0 Å². The zero-order chi connectivity index (χ0) is 18.9. The average Bonchev–Trinajstić information content (AvgIpc) is 3.12. The van der Waals surface area contributed by atoms with E-state index in [1.807, 2.05) is 32.0 Å². The van der Waals surface area contributed by atoms with Gasteiger partial charge in [0.1, 0.15) is 31.6 Å². The van der Waals surface area contributed by atoms with Crippen LogP contribution in [0.15, 0.2) is 49.1 Å². The molecular formula is C21H31N2O3+. The van der Waals surface area contributed by atoms with Crippen molar-refractivity contribution in [1.82, 2.24) is 4.57 Å². The third-order valence-corrected chi connectivity index (χ3v) is 4.73. The average molecular weight is 359 g/mol. The molecule has 0 fully saturated rings. The first-order chi connectivity index (χ1) is 12.5. The Bertz CT molecular complexity index is 669. The summed E-state index contributed by atoms with van der Waals surface area (Å²) in [7, 11) is 0. The highest BCUT2D eigenvalue weighted by Gasteiger charge is 2.24. The predicted molar refractivity (Wildman–Crippen MR) is 101 cm³/mol. The van der Waals surface area contributed by atoms with Gasteiger partial charge in [0.25, 0.3) is 0 Å². The topological polar surface area (TPSA) is 55.3 Å². The summed E-state index contributed by atoms with van der Waals surface area (Å²) in [6.45, 7) is 6.80. The van der Waals surface area contributed by atoms with Crippen LogP contribution in [0.2, 0.25) is 0 Å². The van der Waals surface area contributed by atoms with E-state index in [0.29, 0.717) is 6.42 Å². The maximum absolute atomic E-state index is 12.1. The molecule has 1 heterocycles. The van der Waals surface area contributed by atoms with Crippen LogP contribution in [0.3, 0.4) is 0 Å². The van der Waals surface area contributed by atoms with Crippen molar-refractivity contribution in [1.29, 1.82) is 0 Å². The molecule has 0 bridgehead atoms. The van der Waals surface area contributed by atoms with Crippen LogP contribution in [0.5, 0.6) is 0 Å². The fourth-order valence-corrected chi connectivity index (χ4v) is 2.96. The molecule has 26 heavy (non-hydrogen) atoms. The molecule has 2 rings (SSSR count). The first-order valence-electron chi connectivity index (χ1n) is 9.48. The summed E-state index contributed by atoms with van der Waals surface area (Å²) >= 11 is 0. The van der Waals surface area contributed by atoms with E-state index in [0.717, 1.165) is 19.4 Å². The number of aliphatic hydroxyl groups excluding tert-OH is 1. The molecule has 0 saturated carbocycles. The molecule has 0 saturated heterocycles. The summed E-state index contributed by atoms with van der Waals surface area (Å²) in [6.07, 6.45) is 7.90. The molecule has 0 aliphatic rings. The van der Waals surface area contributed by atoms with Crippen LogP contribution in [0.25, 0.3) is 0 Å². The number of benzene rings is 1. The lowest BCUT2D eigenvalue weighted by Crippen LogP contribution is -2.32. The summed E-state index contributed by atoms with van der Waals surface area (Å²) < 4.78 is 9.54. The molecule has 5 heteroatoms. The lowest BCUT2D eigenvalue weighted by atomic mass is 10.00. The molecule has 1 aromatic heterocycles. The molecule has 3 atom stereocenters. The van der Waals surface area contributed by atoms with Gasteiger partial charge < -0.3 is 9.84 Å². The number of esters is 1. The number of hydrogen-bond donors (Lipinski definition) is 1. The molecule has 0 spiro atoms. The van der Waals surface area contributed by atoms with Gasteiger partial charge in [0.2, 0.25) is 6.33 Å². The van der Waals surface area contributed by atoms with Gasteiger partial charge in [-0.15, -0.1) is 0 Å². The second kappa shape index (κ2) is 10.1. The highest BCUT2D eigenvalue weighted by molar-refractivity contribution is 5.72. The maximum atomic E-state index is 12.1. The SMILES string of the molecule is CCC(O)COC(=O)C(C)CC(CC)n1cc[n+](Cc2ccccc2)c1. The van der Waals surface area contributed by atoms with Crippen LogP contribution in [-0.2, 0) is 16.1 Å². The lowest BCUT2D eigenvalue weighted by Gasteiger charge is -2.17. The molecule has 5 nitrogen and oxygen atoms in total. The monoisotopic (exact) mass is 359 g/mol. The molecule has 2 aromatic rings. The van der Waals surface area contributed by atoms with Gasteiger partial charge in [-0.3, -0.25) is 4.79 Å². The number of nitrogens with zero attached hydrogens (tertiary/aromatic N) is 2. The zero-order valence-electron chi connectivity index (χ0n) is 16.0. The fraction of sp³-hybridized carbons (Fsp3) is 0.524. The van der Waals surface area contributed by atoms with Gasteiger partial charge >= 0.3 is 5.97 Å². The van der Waals surface area contributed by atoms with Gasteiger partial charge in [0.05, 0.1) is 12.0 Å². The van der Waals surface area contributed by atoms with Gasteiger partial charge in [-0.2, -0.15) is 0 Å². The minimum absolute atomic E-state index is 0.0804. The van der Waals surface area contributed by atoms with Crippen molar-refractivity contribution in [2.24, 2.45) is 5.92 Å². The van der Waals surface area contributed by atoms with Gasteiger partial charge in [-0.1, -0.05) is 51.1 Å². The summed E-state index contributed by atoms with van der Waals surface area (Å²) in [5.41, 5.74) is 1.26. The Morgan fingerprint density at radius 2 is 1.96 bits per heavy atom. The summed E-state index contributed by atoms with van der Waals surface area (Å²) in [4.78, 5) is 12.1. The van der Waals surface area contributed by atoms with Crippen LogP contribution >= 0.6 is 0 Å². The molecule has 3 unspecified atom stereocenters. The van der Waals surface area contributed by atoms with Crippen LogP contribution < -0.4 is 4.57 Å². The van der Waals surface area contributed by atoms with Crippen LogP contribution in [0, 0.1) is 5.92 Å². The minimum atomic E-state index is -0.575. The van der Waals surface area contributed by atoms with E-state index in [1.54, 1.807) is 0 Å². The minimum Gasteiger partial charge on any atom is -0.463 e. The van der Waals surface area contributed by atoms with E-state index in [2.05, 4.69) is 46.9 Å². The van der Waals surface area contributed by atoms with Crippen LogP contribution in [0.1, 0.15) is 51.6 Å². The molecule has 0 amide bonds. The van der Waals surface area contributed by atoms with Crippen molar-refractivity contribution in [3.8, 4) is 0 Å². The van der Waals surface area contributed by atoms with Crippen molar-refractivity contribution in [2.75, 3.05) is 6.61 Å². The van der Waals surface area contributed by atoms with Crippen LogP contribution in [0.4, 0.5) is 0 Å². The normalized spacial score (nSPS) is 14.6. The summed E-state index contributed by atoms with van der Waals surface area (Å²) in [5, 5.41) is 9.53. The Kier molecular flexibility index (Phi) is 7.85. The number of ether oxygens (including phenoxy) is 1. The Labute approximate surface area is 156 Å². The molecular weight excluding hydrogens is 328 g/mol. The number of carbonyl (C=O) groups excluding carboxylic acids is 1. The highest BCUT2D eigenvalue weighted by atomic mass is 16.5. The van der Waals surface area contributed by atoms with Crippen molar-refractivity contribution in [2.45, 2.75) is 58.7 Å². The molecule has 142 valence electrons. The second-order valence-electron chi connectivity index (χ2n) is 6.91. The quantitative estimate of drug-likeness (QED) is 0.524. The standard InChI is InChI=1S/C21H31N2O3/c1-4-19(13-17(3)21(25)26-15-20(24)5-2)23-12-11-22(16-23)14-18-9-7-6-8-10-18/h6-12,16-17,19-20,24H,4-5,13-15H2,1-3H3/q+1. The van der Waals surface area contributed by atoms with Gasteiger partial charge in [-0.05, 0) is 18.4 Å². The second-order valence-corrected chi connectivity index (χ2v) is 6.91. The molecule has 0 radical (unpaired) electrons. The Hall–Kier alpha value is -2.14. The van der Waals surface area contributed by atoms with E-state index in [1.165, 1.54) is 5.56 Å². The van der Waals surface area contributed by atoms with Crippen molar-refractivity contribution in [3.05, 3.63) is 54.6 Å². The van der Waals surface area contributed by atoms with Gasteiger partial charge in [-0.25, -0.2) is 9.13 Å². The molecule has 1 N–H and O–H groups in total. The first-order valence-corrected chi connectivity index (χ1v) is 9.48. The predicted octanol–water partition coefficient (Wildman–Crippen LogP) is 3.12. The maximum Gasteiger partial charge on any atom is 0.308 e. The summed E-state index contributed by atoms with van der Waals surface area (Å²) in [6, 6.07) is 10.6. The number of imidazole rings is 1. The van der Waals surface area contributed by atoms with E-state index >= 15 is 0 Å². The zero-order valence-corrected chi connectivity index (χ0v) is 16.0. The molecule has 1 aromatic carbocycles. The van der Waals surface area contributed by atoms with Gasteiger partial charge in [0.15, 0.2) is 0 Å². The number of carbonyl (C=O) groups is 1. The first kappa shape index (κ1) is 20.2. The number of hydrogen-bond acceptors (Lipinski definition) is 3. The highest BCUT2D eigenvalue weighted by Crippen LogP contribution is 2.21. The molecule has 0 aliphatic carbocycles. The smallest absolute Gasteiger partial charge is 0.308 e. The van der Waals surface area contributed by atoms with E-state index in [4.69, 9.17) is 4.74 Å². The third-order valence-electron chi connectivity index (χ3n) is 4.73. The Morgan fingerprint density at radius 3 is 2.62 bits per heavy atom. The third kappa shape index (κ3) is 5.99. The van der Waals surface area contributed by atoms with E-state index < -0.39 is 6.10 Å². The fourth-order valence-electron chi connectivity index (χ4n) is 2.96. The molecule has 0 aliphatic heterocycles. The van der Waals surface area contributed by atoms with Crippen molar-refractivity contribution < 1.29 is 19.2 Å². The van der Waals surface area contributed by atoms with Gasteiger partial charge in [0, 0.05) is 6.42 Å². The number of rotatable bonds is 10. The number of aliphatic hydroxyl groups is 1. The largest absolute Gasteiger partial charge is 0.463 e. The number of aromatic nitrogens is 2. The summed E-state index contributed by atoms with van der Waals surface area (Å²) in [5.74, 6) is -0.436. The Morgan fingerprint density at radius 1 is 1.23 bits per heavy atom. The van der Waals surface area contributed by atoms with Crippen LogP contribution in [-0.4, -0.2) is 28.4 Å². The Balaban J connectivity index is 1.92. The lowest BCUT2D eigenvalue weighted by molar-refractivity contribution is -0.688. The van der Waals surface area contributed by atoms with E-state index in [9.17, 15) is 9.90 Å². The van der Waals surface area contributed by atoms with Crippen molar-refractivity contribution >= 4 is 5.97 Å².